The summed E-state index contributed by atoms with van der Waals surface area (Å²) in [6.07, 6.45) is 6.44. The maximum Gasteiger partial charge on any atom is 0.251 e. The summed E-state index contributed by atoms with van der Waals surface area (Å²) in [7, 11) is 0. The Balaban J connectivity index is 1.37. The van der Waals surface area contributed by atoms with Crippen LogP contribution in [-0.4, -0.2) is 46.6 Å². The lowest BCUT2D eigenvalue weighted by Crippen LogP contribution is -2.43. The van der Waals surface area contributed by atoms with E-state index in [0.29, 0.717) is 31.3 Å². The van der Waals surface area contributed by atoms with Gasteiger partial charge in [0.25, 0.3) is 5.91 Å². The zero-order chi connectivity index (χ0) is 18.6. The number of benzene rings is 1. The monoisotopic (exact) mass is 371 g/mol. The van der Waals surface area contributed by atoms with Crippen LogP contribution in [0, 0.1) is 5.82 Å². The molecular weight excluding hydrogens is 349 g/mol. The van der Waals surface area contributed by atoms with Crippen LogP contribution in [0.25, 0.3) is 0 Å². The van der Waals surface area contributed by atoms with Crippen LogP contribution in [0.2, 0.25) is 0 Å². The van der Waals surface area contributed by atoms with Crippen molar-refractivity contribution in [3.63, 3.8) is 0 Å². The summed E-state index contributed by atoms with van der Waals surface area (Å²) in [5.74, 6) is 0.705. The maximum absolute atomic E-state index is 13.3. The third-order valence-corrected chi connectivity index (χ3v) is 5.08. The average Bonchev–Trinajstić information content (AvgIpc) is 3.23. The van der Waals surface area contributed by atoms with Crippen molar-refractivity contribution in [2.75, 3.05) is 19.7 Å². The molecule has 0 saturated carbocycles. The van der Waals surface area contributed by atoms with Gasteiger partial charge < -0.3 is 14.4 Å². The minimum atomic E-state index is -0.361. The summed E-state index contributed by atoms with van der Waals surface area (Å²) in [6, 6.07) is 5.93. The minimum absolute atomic E-state index is 0.111. The Labute approximate surface area is 157 Å². The molecule has 2 aliphatic heterocycles. The first kappa shape index (κ1) is 17.9. The van der Waals surface area contributed by atoms with Crippen molar-refractivity contribution in [2.45, 2.75) is 37.7 Å². The summed E-state index contributed by atoms with van der Waals surface area (Å²) in [5.41, 5.74) is 0.841. The third-order valence-electron chi connectivity index (χ3n) is 5.08. The van der Waals surface area contributed by atoms with Gasteiger partial charge in [-0.25, -0.2) is 9.37 Å². The second-order valence-electron chi connectivity index (χ2n) is 6.94. The first-order chi connectivity index (χ1) is 13.2. The van der Waals surface area contributed by atoms with Gasteiger partial charge in [0.15, 0.2) is 0 Å². The van der Waals surface area contributed by atoms with E-state index in [4.69, 9.17) is 9.47 Å². The fourth-order valence-corrected chi connectivity index (χ4v) is 3.63. The molecule has 0 aliphatic carbocycles. The fraction of sp³-hybridized carbons (Fsp3) is 0.450. The van der Waals surface area contributed by atoms with Gasteiger partial charge in [-0.3, -0.25) is 9.78 Å². The van der Waals surface area contributed by atoms with Crippen molar-refractivity contribution in [1.82, 2.24) is 14.9 Å². The molecule has 27 heavy (non-hydrogen) atoms. The largest absolute Gasteiger partial charge is 0.437 e. The molecule has 2 fully saturated rings. The van der Waals surface area contributed by atoms with Gasteiger partial charge in [-0.15, -0.1) is 0 Å². The molecule has 2 saturated heterocycles. The fourth-order valence-electron chi connectivity index (χ4n) is 3.63. The molecule has 0 N–H and O–H groups in total. The first-order valence-corrected chi connectivity index (χ1v) is 9.35. The van der Waals surface area contributed by atoms with Crippen molar-refractivity contribution in [3.05, 3.63) is 48.2 Å². The predicted molar refractivity (Wildman–Crippen MR) is 96.0 cm³/mol. The molecule has 6 nitrogen and oxygen atoms in total. The second kappa shape index (κ2) is 8.00. The molecule has 7 heteroatoms. The highest BCUT2D eigenvalue weighted by atomic mass is 19.1. The molecule has 3 heterocycles. The van der Waals surface area contributed by atoms with Crippen LogP contribution in [0.5, 0.6) is 11.6 Å². The number of rotatable bonds is 4. The lowest BCUT2D eigenvalue weighted by atomic mass is 9.93. The van der Waals surface area contributed by atoms with Crippen molar-refractivity contribution in [1.29, 1.82) is 0 Å². The Morgan fingerprint density at radius 3 is 2.81 bits per heavy atom. The topological polar surface area (TPSA) is 64.5 Å². The molecule has 0 radical (unpaired) electrons. The van der Waals surface area contributed by atoms with Gasteiger partial charge in [-0.2, -0.15) is 0 Å². The predicted octanol–water partition coefficient (Wildman–Crippen LogP) is 3.29. The lowest BCUT2D eigenvalue weighted by molar-refractivity contribution is -0.142. The van der Waals surface area contributed by atoms with Crippen LogP contribution in [0.3, 0.4) is 0 Å². The van der Waals surface area contributed by atoms with Gasteiger partial charge in [-0.05, 0) is 37.8 Å². The summed E-state index contributed by atoms with van der Waals surface area (Å²) in [4.78, 5) is 23.1. The Hall–Kier alpha value is -2.54. The zero-order valence-corrected chi connectivity index (χ0v) is 15.0. The van der Waals surface area contributed by atoms with Crippen LogP contribution in [-0.2, 0) is 9.53 Å². The molecule has 2 aromatic rings. The van der Waals surface area contributed by atoms with E-state index in [9.17, 15) is 9.18 Å². The van der Waals surface area contributed by atoms with Gasteiger partial charge in [0.2, 0.25) is 5.88 Å². The van der Waals surface area contributed by atoms with Crippen molar-refractivity contribution in [2.24, 2.45) is 0 Å². The average molecular weight is 371 g/mol. The van der Waals surface area contributed by atoms with E-state index in [1.165, 1.54) is 18.3 Å². The SMILES string of the molecule is O=C(C1CCCO1)N1CCC(c2cncc(Oc3cccc(F)c3)n2)CC1. The molecule has 4 rings (SSSR count). The highest BCUT2D eigenvalue weighted by Crippen LogP contribution is 2.29. The lowest BCUT2D eigenvalue weighted by Gasteiger charge is -2.33. The maximum atomic E-state index is 13.3. The first-order valence-electron chi connectivity index (χ1n) is 9.35. The van der Waals surface area contributed by atoms with Crippen LogP contribution in [0.1, 0.15) is 37.3 Å². The summed E-state index contributed by atoms with van der Waals surface area (Å²) >= 11 is 0. The molecular formula is C20H22FN3O3. The Kier molecular flexibility index (Phi) is 5.29. The number of aromatic nitrogens is 2. The standard InChI is InChI=1S/C20H22FN3O3/c21-15-3-1-4-16(11-15)27-19-13-22-12-17(23-19)14-6-8-24(9-7-14)20(25)18-5-2-10-26-18/h1,3-4,11-14,18H,2,5-10H2. The highest BCUT2D eigenvalue weighted by molar-refractivity contribution is 5.81. The summed E-state index contributed by atoms with van der Waals surface area (Å²) in [6.45, 7) is 2.07. The normalized spacial score (nSPS) is 20.6. The Morgan fingerprint density at radius 2 is 2.07 bits per heavy atom. The van der Waals surface area contributed by atoms with Gasteiger partial charge >= 0.3 is 0 Å². The van der Waals surface area contributed by atoms with E-state index in [1.54, 1.807) is 18.3 Å². The number of likely N-dealkylation sites (tertiary alicyclic amines) is 1. The Morgan fingerprint density at radius 1 is 1.22 bits per heavy atom. The van der Waals surface area contributed by atoms with Crippen LogP contribution in [0.4, 0.5) is 4.39 Å². The number of ether oxygens (including phenoxy) is 2. The summed E-state index contributed by atoms with van der Waals surface area (Å²) in [5, 5.41) is 0. The molecule has 1 atom stereocenters. The van der Waals surface area contributed by atoms with Crippen LogP contribution in [0.15, 0.2) is 36.7 Å². The van der Waals surface area contributed by atoms with Crippen LogP contribution >= 0.6 is 0 Å². The quantitative estimate of drug-likeness (QED) is 0.825. The van der Waals surface area contributed by atoms with Crippen LogP contribution < -0.4 is 4.74 Å². The molecule has 1 amide bonds. The van der Waals surface area contributed by atoms with Crippen molar-refractivity contribution in [3.8, 4) is 11.6 Å². The summed E-state index contributed by atoms with van der Waals surface area (Å²) < 4.78 is 24.4. The number of halogens is 1. The van der Waals surface area contributed by atoms with Gasteiger partial charge in [0, 0.05) is 37.9 Å². The van der Waals surface area contributed by atoms with Gasteiger partial charge in [0.1, 0.15) is 17.7 Å². The molecule has 142 valence electrons. The minimum Gasteiger partial charge on any atom is -0.437 e. The third kappa shape index (κ3) is 4.24. The van der Waals surface area contributed by atoms with E-state index < -0.39 is 0 Å². The number of nitrogens with zero attached hydrogens (tertiary/aromatic N) is 3. The Bertz CT molecular complexity index is 803. The number of hydrogen-bond donors (Lipinski definition) is 0. The van der Waals surface area contributed by atoms with E-state index in [2.05, 4.69) is 9.97 Å². The zero-order valence-electron chi connectivity index (χ0n) is 15.0. The van der Waals surface area contributed by atoms with E-state index in [1.807, 2.05) is 4.90 Å². The molecule has 0 bridgehead atoms. The van der Waals surface area contributed by atoms with Gasteiger partial charge in [-0.1, -0.05) is 6.07 Å². The van der Waals surface area contributed by atoms with E-state index in [-0.39, 0.29) is 23.7 Å². The molecule has 0 spiro atoms. The number of piperidine rings is 1. The molecule has 1 unspecified atom stereocenters. The van der Waals surface area contributed by atoms with E-state index in [0.717, 1.165) is 31.4 Å². The number of amides is 1. The number of carbonyl (C=O) groups excluding carboxylic acids is 1. The smallest absolute Gasteiger partial charge is 0.251 e. The van der Waals surface area contributed by atoms with Crippen molar-refractivity contribution >= 4 is 5.91 Å². The molecule has 2 aliphatic rings. The number of carbonyl (C=O) groups is 1. The second-order valence-corrected chi connectivity index (χ2v) is 6.94. The highest BCUT2D eigenvalue weighted by Gasteiger charge is 2.31. The van der Waals surface area contributed by atoms with Crippen molar-refractivity contribution < 1.29 is 18.7 Å². The van der Waals surface area contributed by atoms with Gasteiger partial charge in [0.05, 0.1) is 11.9 Å². The van der Waals surface area contributed by atoms with E-state index >= 15 is 0 Å². The molecule has 1 aromatic carbocycles. The number of hydrogen-bond acceptors (Lipinski definition) is 5. The molecule has 1 aromatic heterocycles.